The summed E-state index contributed by atoms with van der Waals surface area (Å²) in [7, 11) is 0. The first-order valence-electron chi connectivity index (χ1n) is 6.64. The second kappa shape index (κ2) is 6.23. The van der Waals surface area contributed by atoms with Crippen LogP contribution >= 0.6 is 11.6 Å². The van der Waals surface area contributed by atoms with Gasteiger partial charge in [0.1, 0.15) is 0 Å². The third kappa shape index (κ3) is 3.82. The van der Waals surface area contributed by atoms with Gasteiger partial charge in [-0.25, -0.2) is 0 Å². The zero-order chi connectivity index (χ0) is 13.8. The largest absolute Gasteiger partial charge is 0.304 e. The van der Waals surface area contributed by atoms with Crippen LogP contribution in [-0.4, -0.2) is 0 Å². The van der Waals surface area contributed by atoms with Crippen LogP contribution in [-0.2, 0) is 0 Å². The first kappa shape index (κ1) is 14.1. The Labute approximate surface area is 120 Å². The van der Waals surface area contributed by atoms with Crippen LogP contribution in [0.2, 0.25) is 5.02 Å². The van der Waals surface area contributed by atoms with E-state index in [1.54, 1.807) is 0 Å². The Hall–Kier alpha value is -1.31. The molecule has 0 heterocycles. The fourth-order valence-electron chi connectivity index (χ4n) is 2.17. The van der Waals surface area contributed by atoms with E-state index in [0.29, 0.717) is 12.1 Å². The van der Waals surface area contributed by atoms with Crippen molar-refractivity contribution in [2.24, 2.45) is 0 Å². The fraction of sp³-hybridized carbons (Fsp3) is 0.294. The second-order valence-corrected chi connectivity index (χ2v) is 5.51. The lowest BCUT2D eigenvalue weighted by Gasteiger charge is -2.21. The maximum Gasteiger partial charge on any atom is 0.0406 e. The molecular formula is C17H20ClN. The minimum Gasteiger partial charge on any atom is -0.304 e. The minimum atomic E-state index is 0.300. The zero-order valence-electron chi connectivity index (χ0n) is 11.7. The summed E-state index contributed by atoms with van der Waals surface area (Å²) in [5.74, 6) is 0. The van der Waals surface area contributed by atoms with Crippen LogP contribution in [0.4, 0.5) is 0 Å². The molecule has 2 rings (SSSR count). The maximum atomic E-state index is 5.91. The highest BCUT2D eigenvalue weighted by Crippen LogP contribution is 2.21. The normalized spacial score (nSPS) is 14.1. The molecule has 0 fully saturated rings. The highest BCUT2D eigenvalue weighted by Gasteiger charge is 2.10. The van der Waals surface area contributed by atoms with E-state index in [4.69, 9.17) is 11.6 Å². The zero-order valence-corrected chi connectivity index (χ0v) is 12.4. The van der Waals surface area contributed by atoms with Gasteiger partial charge in [0.05, 0.1) is 0 Å². The van der Waals surface area contributed by atoms with Gasteiger partial charge in [-0.2, -0.15) is 0 Å². The summed E-state index contributed by atoms with van der Waals surface area (Å²) < 4.78 is 0. The predicted octanol–water partition coefficient (Wildman–Crippen LogP) is 5.06. The van der Waals surface area contributed by atoms with Gasteiger partial charge in [-0.1, -0.05) is 53.6 Å². The molecule has 0 amide bonds. The highest BCUT2D eigenvalue weighted by molar-refractivity contribution is 6.30. The number of hydrogen-bond donors (Lipinski definition) is 1. The summed E-state index contributed by atoms with van der Waals surface area (Å²) >= 11 is 5.91. The van der Waals surface area contributed by atoms with E-state index in [1.807, 2.05) is 12.1 Å². The summed E-state index contributed by atoms with van der Waals surface area (Å²) in [6.45, 7) is 6.48. The first-order chi connectivity index (χ1) is 9.06. The molecule has 100 valence electrons. The van der Waals surface area contributed by atoms with Crippen molar-refractivity contribution < 1.29 is 0 Å². The van der Waals surface area contributed by atoms with Gasteiger partial charge in [-0.15, -0.1) is 0 Å². The highest BCUT2D eigenvalue weighted by atomic mass is 35.5. The van der Waals surface area contributed by atoms with Crippen molar-refractivity contribution in [2.75, 3.05) is 0 Å². The molecule has 0 spiro atoms. The molecule has 0 radical (unpaired) electrons. The standard InChI is InChI=1S/C17H20ClN/c1-12-4-6-15(7-5-12)13(2)19-14(3)16-8-10-17(18)11-9-16/h4-11,13-14,19H,1-3H3. The molecule has 1 N–H and O–H groups in total. The van der Waals surface area contributed by atoms with E-state index in [1.165, 1.54) is 16.7 Å². The van der Waals surface area contributed by atoms with Crippen molar-refractivity contribution in [1.29, 1.82) is 0 Å². The number of halogens is 1. The van der Waals surface area contributed by atoms with Crippen molar-refractivity contribution in [3.63, 3.8) is 0 Å². The van der Waals surface area contributed by atoms with Crippen LogP contribution in [0.15, 0.2) is 48.5 Å². The third-order valence-corrected chi connectivity index (χ3v) is 3.70. The predicted molar refractivity (Wildman–Crippen MR) is 82.6 cm³/mol. The van der Waals surface area contributed by atoms with Gasteiger partial charge in [0, 0.05) is 17.1 Å². The molecule has 19 heavy (non-hydrogen) atoms. The molecule has 2 aromatic carbocycles. The third-order valence-electron chi connectivity index (χ3n) is 3.45. The Kier molecular flexibility index (Phi) is 4.62. The van der Waals surface area contributed by atoms with Crippen molar-refractivity contribution in [3.8, 4) is 0 Å². The average molecular weight is 274 g/mol. The molecule has 0 aromatic heterocycles. The lowest BCUT2D eigenvalue weighted by Crippen LogP contribution is -2.22. The Morgan fingerprint density at radius 1 is 0.789 bits per heavy atom. The molecule has 0 saturated carbocycles. The summed E-state index contributed by atoms with van der Waals surface area (Å²) in [5, 5.41) is 4.39. The van der Waals surface area contributed by atoms with Gasteiger partial charge in [0.25, 0.3) is 0 Å². The van der Waals surface area contributed by atoms with Crippen LogP contribution in [0.5, 0.6) is 0 Å². The topological polar surface area (TPSA) is 12.0 Å². The fourth-order valence-corrected chi connectivity index (χ4v) is 2.30. The lowest BCUT2D eigenvalue weighted by atomic mass is 10.0. The maximum absolute atomic E-state index is 5.91. The molecule has 2 aromatic rings. The van der Waals surface area contributed by atoms with Crippen molar-refractivity contribution in [1.82, 2.24) is 5.32 Å². The Balaban J connectivity index is 2.03. The molecule has 2 atom stereocenters. The van der Waals surface area contributed by atoms with Crippen LogP contribution in [0, 0.1) is 6.92 Å². The molecule has 0 bridgehead atoms. The minimum absolute atomic E-state index is 0.300. The van der Waals surface area contributed by atoms with Crippen molar-refractivity contribution in [2.45, 2.75) is 32.9 Å². The van der Waals surface area contributed by atoms with E-state index < -0.39 is 0 Å². The van der Waals surface area contributed by atoms with E-state index in [0.717, 1.165) is 5.02 Å². The molecule has 1 nitrogen and oxygen atoms in total. The van der Waals surface area contributed by atoms with Gasteiger partial charge in [0.2, 0.25) is 0 Å². The van der Waals surface area contributed by atoms with Gasteiger partial charge in [-0.05, 0) is 44.0 Å². The summed E-state index contributed by atoms with van der Waals surface area (Å²) in [5.41, 5.74) is 3.86. The Morgan fingerprint density at radius 2 is 1.21 bits per heavy atom. The number of rotatable bonds is 4. The molecular weight excluding hydrogens is 254 g/mol. The molecule has 0 aliphatic carbocycles. The molecule has 2 heteroatoms. The van der Waals surface area contributed by atoms with Gasteiger partial charge in [-0.3, -0.25) is 0 Å². The summed E-state index contributed by atoms with van der Waals surface area (Å²) in [6.07, 6.45) is 0. The van der Waals surface area contributed by atoms with E-state index in [2.05, 4.69) is 62.5 Å². The molecule has 0 aliphatic heterocycles. The van der Waals surface area contributed by atoms with E-state index in [-0.39, 0.29) is 0 Å². The van der Waals surface area contributed by atoms with Crippen molar-refractivity contribution >= 4 is 11.6 Å². The SMILES string of the molecule is Cc1ccc(C(C)NC(C)c2ccc(Cl)cc2)cc1. The number of hydrogen-bond acceptors (Lipinski definition) is 1. The monoisotopic (exact) mass is 273 g/mol. The number of nitrogens with one attached hydrogen (secondary N) is 1. The molecule has 0 saturated heterocycles. The van der Waals surface area contributed by atoms with Crippen molar-refractivity contribution in [3.05, 3.63) is 70.2 Å². The van der Waals surface area contributed by atoms with Crippen LogP contribution in [0.3, 0.4) is 0 Å². The second-order valence-electron chi connectivity index (χ2n) is 5.07. The van der Waals surface area contributed by atoms with Crippen LogP contribution < -0.4 is 5.32 Å². The molecule has 2 unspecified atom stereocenters. The Morgan fingerprint density at radius 3 is 1.68 bits per heavy atom. The molecule has 0 aliphatic rings. The van der Waals surface area contributed by atoms with Gasteiger partial charge >= 0.3 is 0 Å². The smallest absolute Gasteiger partial charge is 0.0406 e. The van der Waals surface area contributed by atoms with Crippen LogP contribution in [0.1, 0.15) is 42.6 Å². The summed E-state index contributed by atoms with van der Waals surface area (Å²) in [6, 6.07) is 17.3. The van der Waals surface area contributed by atoms with Gasteiger partial charge in [0.15, 0.2) is 0 Å². The lowest BCUT2D eigenvalue weighted by molar-refractivity contribution is 0.494. The van der Waals surface area contributed by atoms with E-state index >= 15 is 0 Å². The van der Waals surface area contributed by atoms with E-state index in [9.17, 15) is 0 Å². The van der Waals surface area contributed by atoms with Gasteiger partial charge < -0.3 is 5.32 Å². The number of benzene rings is 2. The quantitative estimate of drug-likeness (QED) is 0.821. The Bertz CT molecular complexity index is 466. The average Bonchev–Trinajstić information content (AvgIpc) is 2.40. The van der Waals surface area contributed by atoms with Crippen LogP contribution in [0.25, 0.3) is 0 Å². The number of aryl methyl sites for hydroxylation is 1. The summed E-state index contributed by atoms with van der Waals surface area (Å²) in [4.78, 5) is 0. The first-order valence-corrected chi connectivity index (χ1v) is 7.02.